The number of benzene rings is 1. The van der Waals surface area contributed by atoms with Crippen molar-refractivity contribution < 1.29 is 9.47 Å². The zero-order valence-electron chi connectivity index (χ0n) is 11.3. The minimum absolute atomic E-state index is 0.0459. The van der Waals surface area contributed by atoms with Crippen molar-refractivity contribution in [2.24, 2.45) is 0 Å². The predicted octanol–water partition coefficient (Wildman–Crippen LogP) is 2.40. The Kier molecular flexibility index (Phi) is 4.13. The van der Waals surface area contributed by atoms with Crippen LogP contribution >= 0.6 is 11.7 Å². The molecule has 1 aliphatic heterocycles. The fraction of sp³-hybridized carbons (Fsp3) is 0.429. The van der Waals surface area contributed by atoms with Gasteiger partial charge in [0.1, 0.15) is 13.2 Å². The highest BCUT2D eigenvalue weighted by Crippen LogP contribution is 2.34. The molecule has 20 heavy (non-hydrogen) atoms. The van der Waals surface area contributed by atoms with Crippen LogP contribution in [0, 0.1) is 0 Å². The summed E-state index contributed by atoms with van der Waals surface area (Å²) in [6, 6.07) is 6.09. The number of nitrogens with zero attached hydrogens (tertiary/aromatic N) is 2. The minimum Gasteiger partial charge on any atom is -0.486 e. The predicted molar refractivity (Wildman–Crippen MR) is 77.5 cm³/mol. The van der Waals surface area contributed by atoms with Crippen molar-refractivity contribution in [2.75, 3.05) is 19.8 Å². The molecule has 1 atom stereocenters. The fourth-order valence-corrected chi connectivity index (χ4v) is 2.67. The van der Waals surface area contributed by atoms with E-state index in [1.54, 1.807) is 0 Å². The topological polar surface area (TPSA) is 56.3 Å². The number of rotatable bonds is 5. The van der Waals surface area contributed by atoms with Crippen LogP contribution in [-0.4, -0.2) is 28.5 Å². The Balaban J connectivity index is 1.90. The lowest BCUT2D eigenvalue weighted by Gasteiger charge is -2.22. The first-order chi connectivity index (χ1) is 9.88. The zero-order chi connectivity index (χ0) is 13.8. The Morgan fingerprint density at radius 2 is 2.15 bits per heavy atom. The molecule has 0 spiro atoms. The van der Waals surface area contributed by atoms with Crippen LogP contribution in [0.4, 0.5) is 0 Å². The molecule has 0 saturated heterocycles. The number of ether oxygens (including phenoxy) is 2. The van der Waals surface area contributed by atoms with E-state index in [0.717, 1.165) is 35.7 Å². The maximum atomic E-state index is 5.65. The van der Waals surface area contributed by atoms with Crippen molar-refractivity contribution >= 4 is 11.7 Å². The second-order valence-corrected chi connectivity index (χ2v) is 5.18. The molecule has 1 aliphatic rings. The van der Waals surface area contributed by atoms with E-state index in [0.29, 0.717) is 13.2 Å². The van der Waals surface area contributed by atoms with Gasteiger partial charge in [-0.15, -0.1) is 0 Å². The summed E-state index contributed by atoms with van der Waals surface area (Å²) in [5.41, 5.74) is 2.07. The fourth-order valence-electron chi connectivity index (χ4n) is 2.22. The molecule has 0 fully saturated rings. The van der Waals surface area contributed by atoms with E-state index in [-0.39, 0.29) is 6.04 Å². The summed E-state index contributed by atoms with van der Waals surface area (Å²) in [6.07, 6.45) is 2.88. The van der Waals surface area contributed by atoms with Gasteiger partial charge in [-0.2, -0.15) is 8.75 Å². The standard InChI is InChI=1S/C14H17N3O2S/c1-2-5-15-14(11-9-16-20-17-11)10-3-4-12-13(8-10)19-7-6-18-12/h3-4,8-9,14-15H,2,5-7H2,1H3. The smallest absolute Gasteiger partial charge is 0.161 e. The highest BCUT2D eigenvalue weighted by atomic mass is 32.1. The molecule has 0 bridgehead atoms. The molecule has 2 heterocycles. The molecule has 106 valence electrons. The summed E-state index contributed by atoms with van der Waals surface area (Å²) < 4.78 is 19.7. The van der Waals surface area contributed by atoms with Crippen molar-refractivity contribution in [3.8, 4) is 11.5 Å². The van der Waals surface area contributed by atoms with Gasteiger partial charge in [0.15, 0.2) is 11.5 Å². The molecular formula is C14H17N3O2S. The SMILES string of the molecule is CCCNC(c1ccc2c(c1)OCCO2)c1cnsn1. The molecule has 0 radical (unpaired) electrons. The minimum atomic E-state index is 0.0459. The van der Waals surface area contributed by atoms with Gasteiger partial charge in [-0.25, -0.2) is 0 Å². The van der Waals surface area contributed by atoms with Gasteiger partial charge in [-0.1, -0.05) is 13.0 Å². The van der Waals surface area contributed by atoms with Gasteiger partial charge in [0.2, 0.25) is 0 Å². The Morgan fingerprint density at radius 3 is 2.90 bits per heavy atom. The average Bonchev–Trinajstić information content (AvgIpc) is 3.02. The molecule has 0 amide bonds. The summed E-state index contributed by atoms with van der Waals surface area (Å²) in [4.78, 5) is 0. The van der Waals surface area contributed by atoms with Crippen LogP contribution in [0.25, 0.3) is 0 Å². The summed E-state index contributed by atoms with van der Waals surface area (Å²) in [7, 11) is 0. The second kappa shape index (κ2) is 6.19. The van der Waals surface area contributed by atoms with Crippen molar-refractivity contribution in [1.82, 2.24) is 14.1 Å². The van der Waals surface area contributed by atoms with E-state index >= 15 is 0 Å². The molecule has 1 N–H and O–H groups in total. The first kappa shape index (κ1) is 13.3. The summed E-state index contributed by atoms with van der Waals surface area (Å²) in [5, 5.41) is 3.50. The maximum Gasteiger partial charge on any atom is 0.161 e. The third kappa shape index (κ3) is 2.76. The van der Waals surface area contributed by atoms with Gasteiger partial charge in [0.05, 0.1) is 29.7 Å². The summed E-state index contributed by atoms with van der Waals surface area (Å²) in [6.45, 7) is 4.28. The third-order valence-corrected chi connectivity index (χ3v) is 3.66. The van der Waals surface area contributed by atoms with Crippen LogP contribution in [0.3, 0.4) is 0 Å². The van der Waals surface area contributed by atoms with E-state index in [2.05, 4.69) is 27.1 Å². The Morgan fingerprint density at radius 1 is 1.30 bits per heavy atom. The van der Waals surface area contributed by atoms with Crippen LogP contribution in [0.5, 0.6) is 11.5 Å². The Labute approximate surface area is 122 Å². The third-order valence-electron chi connectivity index (χ3n) is 3.17. The molecule has 0 saturated carbocycles. The van der Waals surface area contributed by atoms with E-state index < -0.39 is 0 Å². The monoisotopic (exact) mass is 291 g/mol. The van der Waals surface area contributed by atoms with Crippen LogP contribution in [0.1, 0.15) is 30.6 Å². The molecule has 1 aromatic heterocycles. The maximum absolute atomic E-state index is 5.65. The number of nitrogens with one attached hydrogen (secondary N) is 1. The molecule has 5 nitrogen and oxygen atoms in total. The van der Waals surface area contributed by atoms with Crippen molar-refractivity contribution in [3.05, 3.63) is 35.7 Å². The number of fused-ring (bicyclic) bond motifs is 1. The highest BCUT2D eigenvalue weighted by molar-refractivity contribution is 6.99. The molecular weight excluding hydrogens is 274 g/mol. The van der Waals surface area contributed by atoms with Crippen LogP contribution < -0.4 is 14.8 Å². The molecule has 3 rings (SSSR count). The summed E-state index contributed by atoms with van der Waals surface area (Å²) >= 11 is 1.23. The normalized spacial score (nSPS) is 15.1. The number of hydrogen-bond acceptors (Lipinski definition) is 6. The molecule has 0 aliphatic carbocycles. The van der Waals surface area contributed by atoms with E-state index in [4.69, 9.17) is 9.47 Å². The van der Waals surface area contributed by atoms with Crippen LogP contribution in [-0.2, 0) is 0 Å². The van der Waals surface area contributed by atoms with Crippen molar-refractivity contribution in [2.45, 2.75) is 19.4 Å². The van der Waals surface area contributed by atoms with Crippen LogP contribution in [0.2, 0.25) is 0 Å². The zero-order valence-corrected chi connectivity index (χ0v) is 12.2. The first-order valence-corrected chi connectivity index (χ1v) is 7.52. The average molecular weight is 291 g/mol. The van der Waals surface area contributed by atoms with E-state index in [9.17, 15) is 0 Å². The lowest BCUT2D eigenvalue weighted by Crippen LogP contribution is -2.24. The summed E-state index contributed by atoms with van der Waals surface area (Å²) in [5.74, 6) is 1.62. The Hall–Kier alpha value is -1.66. The lowest BCUT2D eigenvalue weighted by atomic mass is 10.0. The van der Waals surface area contributed by atoms with E-state index in [1.165, 1.54) is 11.7 Å². The van der Waals surface area contributed by atoms with Gasteiger partial charge in [0.25, 0.3) is 0 Å². The van der Waals surface area contributed by atoms with Crippen molar-refractivity contribution in [3.63, 3.8) is 0 Å². The van der Waals surface area contributed by atoms with Gasteiger partial charge >= 0.3 is 0 Å². The highest BCUT2D eigenvalue weighted by Gasteiger charge is 2.19. The molecule has 1 aromatic carbocycles. The quantitative estimate of drug-likeness (QED) is 0.916. The van der Waals surface area contributed by atoms with Gasteiger partial charge in [-0.3, -0.25) is 0 Å². The second-order valence-electron chi connectivity index (χ2n) is 4.62. The largest absolute Gasteiger partial charge is 0.486 e. The lowest BCUT2D eigenvalue weighted by molar-refractivity contribution is 0.171. The molecule has 1 unspecified atom stereocenters. The van der Waals surface area contributed by atoms with Gasteiger partial charge in [0, 0.05) is 0 Å². The van der Waals surface area contributed by atoms with E-state index in [1.807, 2.05) is 18.3 Å². The van der Waals surface area contributed by atoms with Crippen molar-refractivity contribution in [1.29, 1.82) is 0 Å². The molecule has 2 aromatic rings. The van der Waals surface area contributed by atoms with Gasteiger partial charge < -0.3 is 14.8 Å². The van der Waals surface area contributed by atoms with Gasteiger partial charge in [-0.05, 0) is 30.7 Å². The Bertz CT molecular complexity index is 560. The number of hydrogen-bond donors (Lipinski definition) is 1. The first-order valence-electron chi connectivity index (χ1n) is 6.79. The van der Waals surface area contributed by atoms with Crippen LogP contribution in [0.15, 0.2) is 24.4 Å². The number of aromatic nitrogens is 2. The molecule has 6 heteroatoms.